The number of alkyl carbamates (subject to hydrolysis) is 1. The summed E-state index contributed by atoms with van der Waals surface area (Å²) < 4.78 is 5.29. The van der Waals surface area contributed by atoms with Gasteiger partial charge in [-0.1, -0.05) is 0 Å². The highest BCUT2D eigenvalue weighted by atomic mass is 16.6. The van der Waals surface area contributed by atoms with E-state index in [0.29, 0.717) is 19.1 Å². The Bertz CT molecular complexity index is 370. The van der Waals surface area contributed by atoms with Gasteiger partial charge >= 0.3 is 6.09 Å². The summed E-state index contributed by atoms with van der Waals surface area (Å²) in [7, 11) is 3.92. The molecular weight excluding hydrogens is 294 g/mol. The number of carbonyl (C=O) groups excluding carboxylic acids is 1. The van der Waals surface area contributed by atoms with Gasteiger partial charge in [-0.3, -0.25) is 0 Å². The first-order chi connectivity index (χ1) is 10.5. The Kier molecular flexibility index (Phi) is 7.29. The fourth-order valence-electron chi connectivity index (χ4n) is 3.02. The van der Waals surface area contributed by atoms with Crippen LogP contribution in [0, 0.1) is 0 Å². The number of aliphatic hydroxyl groups is 1. The second-order valence-corrected chi connectivity index (χ2v) is 8.31. The maximum atomic E-state index is 11.8. The van der Waals surface area contributed by atoms with Crippen LogP contribution >= 0.6 is 0 Å². The van der Waals surface area contributed by atoms with Crippen LogP contribution in [-0.4, -0.2) is 66.6 Å². The second kappa shape index (κ2) is 8.31. The number of ether oxygens (including phenoxy) is 1. The van der Waals surface area contributed by atoms with Crippen LogP contribution in [0.3, 0.4) is 0 Å². The summed E-state index contributed by atoms with van der Waals surface area (Å²) in [6.07, 6.45) is 3.54. The number of hydrogen-bond acceptors (Lipinski definition) is 5. The number of carbonyl (C=O) groups is 1. The molecule has 1 aliphatic carbocycles. The molecule has 0 spiro atoms. The van der Waals surface area contributed by atoms with Gasteiger partial charge in [0.05, 0.1) is 5.60 Å². The molecule has 0 bridgehead atoms. The monoisotopic (exact) mass is 329 g/mol. The zero-order valence-electron chi connectivity index (χ0n) is 15.6. The number of amides is 1. The number of nitrogens with zero attached hydrogens (tertiary/aromatic N) is 1. The third kappa shape index (κ3) is 9.13. The van der Waals surface area contributed by atoms with Crippen LogP contribution in [0.15, 0.2) is 0 Å². The van der Waals surface area contributed by atoms with Crippen LogP contribution in [-0.2, 0) is 4.74 Å². The number of rotatable bonds is 6. The van der Waals surface area contributed by atoms with Gasteiger partial charge in [0.2, 0.25) is 0 Å². The number of hydrogen-bond donors (Lipinski definition) is 3. The van der Waals surface area contributed by atoms with Crippen LogP contribution in [0.4, 0.5) is 4.79 Å². The Morgan fingerprint density at radius 2 is 1.65 bits per heavy atom. The van der Waals surface area contributed by atoms with Crippen molar-refractivity contribution in [1.29, 1.82) is 0 Å². The third-order valence-corrected chi connectivity index (χ3v) is 3.88. The molecule has 0 aromatic heterocycles. The summed E-state index contributed by atoms with van der Waals surface area (Å²) in [5.74, 6) is 0. The van der Waals surface area contributed by atoms with E-state index in [4.69, 9.17) is 4.74 Å². The van der Waals surface area contributed by atoms with E-state index in [-0.39, 0.29) is 12.1 Å². The van der Waals surface area contributed by atoms with Crippen molar-refractivity contribution in [2.75, 3.05) is 27.2 Å². The van der Waals surface area contributed by atoms with E-state index in [9.17, 15) is 9.90 Å². The lowest BCUT2D eigenvalue weighted by Crippen LogP contribution is -2.50. The SMILES string of the molecule is CN(C)CC(C)(O)CNC1CCC(NC(=O)OC(C)(C)C)CC1. The molecule has 1 fully saturated rings. The maximum Gasteiger partial charge on any atom is 0.407 e. The highest BCUT2D eigenvalue weighted by molar-refractivity contribution is 5.68. The Labute approximate surface area is 141 Å². The number of nitrogens with one attached hydrogen (secondary N) is 2. The second-order valence-electron chi connectivity index (χ2n) is 8.31. The van der Waals surface area contributed by atoms with Gasteiger partial charge in [-0.2, -0.15) is 0 Å². The molecule has 0 aromatic carbocycles. The zero-order valence-corrected chi connectivity index (χ0v) is 15.6. The lowest BCUT2D eigenvalue weighted by molar-refractivity contribution is 0.0296. The fraction of sp³-hybridized carbons (Fsp3) is 0.941. The van der Waals surface area contributed by atoms with Crippen molar-refractivity contribution in [2.45, 2.75) is 76.7 Å². The van der Waals surface area contributed by atoms with E-state index >= 15 is 0 Å². The molecule has 0 radical (unpaired) electrons. The molecule has 3 N–H and O–H groups in total. The van der Waals surface area contributed by atoms with Gasteiger partial charge in [0, 0.05) is 25.2 Å². The first-order valence-electron chi connectivity index (χ1n) is 8.57. The summed E-state index contributed by atoms with van der Waals surface area (Å²) in [6, 6.07) is 0.588. The Balaban J connectivity index is 2.26. The van der Waals surface area contributed by atoms with E-state index in [1.165, 1.54) is 0 Å². The Morgan fingerprint density at radius 1 is 1.13 bits per heavy atom. The van der Waals surface area contributed by atoms with E-state index < -0.39 is 11.2 Å². The molecular formula is C17H35N3O3. The standard InChI is InChI=1S/C17H35N3O3/c1-16(2,3)23-15(21)19-14-9-7-13(8-10-14)18-11-17(4,22)12-20(5)6/h13-14,18,22H,7-12H2,1-6H3,(H,19,21). The summed E-state index contributed by atoms with van der Waals surface area (Å²) >= 11 is 0. The van der Waals surface area contributed by atoms with Gasteiger partial charge in [0.25, 0.3) is 0 Å². The third-order valence-electron chi connectivity index (χ3n) is 3.88. The van der Waals surface area contributed by atoms with E-state index in [1.807, 2.05) is 46.7 Å². The molecule has 6 heteroatoms. The zero-order chi connectivity index (χ0) is 17.7. The van der Waals surface area contributed by atoms with Gasteiger partial charge in [0.1, 0.15) is 5.60 Å². The number of likely N-dealkylation sites (N-methyl/N-ethyl adjacent to an activating group) is 1. The highest BCUT2D eigenvalue weighted by Gasteiger charge is 2.27. The molecule has 1 amide bonds. The summed E-state index contributed by atoms with van der Waals surface area (Å²) in [6.45, 7) is 8.68. The average molecular weight is 329 g/mol. The van der Waals surface area contributed by atoms with Gasteiger partial charge in [0.15, 0.2) is 0 Å². The Morgan fingerprint density at radius 3 is 2.13 bits per heavy atom. The van der Waals surface area contributed by atoms with Gasteiger partial charge in [-0.05, 0) is 67.5 Å². The van der Waals surface area contributed by atoms with Crippen molar-refractivity contribution in [3.63, 3.8) is 0 Å². The van der Waals surface area contributed by atoms with E-state index in [1.54, 1.807) is 0 Å². The molecule has 1 atom stereocenters. The van der Waals surface area contributed by atoms with Crippen molar-refractivity contribution in [3.8, 4) is 0 Å². The van der Waals surface area contributed by atoms with Crippen LogP contribution < -0.4 is 10.6 Å². The molecule has 0 aliphatic heterocycles. The van der Waals surface area contributed by atoms with Crippen LogP contribution in [0.1, 0.15) is 53.4 Å². The summed E-state index contributed by atoms with van der Waals surface area (Å²) in [5.41, 5.74) is -1.18. The minimum absolute atomic E-state index is 0.185. The van der Waals surface area contributed by atoms with Crippen molar-refractivity contribution < 1.29 is 14.6 Å². The van der Waals surface area contributed by atoms with E-state index in [2.05, 4.69) is 10.6 Å². The predicted octanol–water partition coefficient (Wildman–Crippen LogP) is 1.72. The van der Waals surface area contributed by atoms with Crippen molar-refractivity contribution in [2.24, 2.45) is 0 Å². The maximum absolute atomic E-state index is 11.8. The van der Waals surface area contributed by atoms with Crippen molar-refractivity contribution in [3.05, 3.63) is 0 Å². The predicted molar refractivity (Wildman–Crippen MR) is 92.6 cm³/mol. The fourth-order valence-corrected chi connectivity index (χ4v) is 3.02. The topological polar surface area (TPSA) is 73.8 Å². The minimum atomic E-state index is -0.727. The first kappa shape index (κ1) is 20.2. The quantitative estimate of drug-likeness (QED) is 0.692. The molecule has 136 valence electrons. The van der Waals surface area contributed by atoms with Crippen LogP contribution in [0.2, 0.25) is 0 Å². The summed E-state index contributed by atoms with van der Waals surface area (Å²) in [5, 5.41) is 16.7. The molecule has 1 unspecified atom stereocenters. The largest absolute Gasteiger partial charge is 0.444 e. The molecule has 1 rings (SSSR count). The molecule has 0 heterocycles. The molecule has 6 nitrogen and oxygen atoms in total. The van der Waals surface area contributed by atoms with Crippen LogP contribution in [0.5, 0.6) is 0 Å². The molecule has 23 heavy (non-hydrogen) atoms. The van der Waals surface area contributed by atoms with Gasteiger partial charge in [-0.15, -0.1) is 0 Å². The van der Waals surface area contributed by atoms with E-state index in [0.717, 1.165) is 25.7 Å². The van der Waals surface area contributed by atoms with Crippen LogP contribution in [0.25, 0.3) is 0 Å². The van der Waals surface area contributed by atoms with Gasteiger partial charge < -0.3 is 25.4 Å². The molecule has 1 aliphatic rings. The highest BCUT2D eigenvalue weighted by Crippen LogP contribution is 2.20. The normalized spacial score (nSPS) is 25.0. The molecule has 1 saturated carbocycles. The molecule has 0 aromatic rings. The average Bonchev–Trinajstić information content (AvgIpc) is 2.34. The molecule has 0 saturated heterocycles. The lowest BCUT2D eigenvalue weighted by Gasteiger charge is -2.33. The lowest BCUT2D eigenvalue weighted by atomic mass is 9.90. The van der Waals surface area contributed by atoms with Crippen molar-refractivity contribution in [1.82, 2.24) is 15.5 Å². The smallest absolute Gasteiger partial charge is 0.407 e. The van der Waals surface area contributed by atoms with Gasteiger partial charge in [-0.25, -0.2) is 4.79 Å². The summed E-state index contributed by atoms with van der Waals surface area (Å²) in [4.78, 5) is 13.8. The Hall–Kier alpha value is -0.850. The van der Waals surface area contributed by atoms with Crippen molar-refractivity contribution >= 4 is 6.09 Å². The first-order valence-corrected chi connectivity index (χ1v) is 8.57. The minimum Gasteiger partial charge on any atom is -0.444 e.